The van der Waals surface area contributed by atoms with Crippen LogP contribution in [0.25, 0.3) is 0 Å². The summed E-state index contributed by atoms with van der Waals surface area (Å²) < 4.78 is 10.1. The summed E-state index contributed by atoms with van der Waals surface area (Å²) in [7, 11) is 1.24. The molecule has 1 aliphatic rings. The zero-order valence-corrected chi connectivity index (χ0v) is 15.2. The number of hydrogen-bond acceptors (Lipinski definition) is 7. The Kier molecular flexibility index (Phi) is 6.22. The highest BCUT2D eigenvalue weighted by Crippen LogP contribution is 2.41. The normalized spacial score (nSPS) is 16.4. The molecule has 0 saturated carbocycles. The van der Waals surface area contributed by atoms with Crippen LogP contribution in [0, 0.1) is 10.1 Å². The van der Waals surface area contributed by atoms with Crippen LogP contribution in [0.5, 0.6) is 11.5 Å². The van der Waals surface area contributed by atoms with Crippen LogP contribution in [0.4, 0.5) is 10.5 Å². The van der Waals surface area contributed by atoms with Gasteiger partial charge in [0.1, 0.15) is 0 Å². The lowest BCUT2D eigenvalue weighted by Crippen LogP contribution is -2.46. The number of esters is 1. The number of allylic oxidation sites excluding steroid dienone is 1. The van der Waals surface area contributed by atoms with Crippen molar-refractivity contribution in [3.05, 3.63) is 39.1 Å². The topological polar surface area (TPSA) is 140 Å². The molecule has 1 aromatic rings. The molecule has 0 aromatic heterocycles. The number of ether oxygens (including phenoxy) is 2. The molecule has 10 heteroatoms. The summed E-state index contributed by atoms with van der Waals surface area (Å²) in [5.41, 5.74) is 0.0333. The minimum Gasteiger partial charge on any atom is -0.504 e. The number of urea groups is 1. The van der Waals surface area contributed by atoms with Crippen LogP contribution in [-0.4, -0.2) is 35.7 Å². The molecule has 1 unspecified atom stereocenters. The summed E-state index contributed by atoms with van der Waals surface area (Å²) in [4.78, 5) is 35.2. The van der Waals surface area contributed by atoms with E-state index in [1.165, 1.54) is 7.11 Å². The van der Waals surface area contributed by atoms with E-state index in [0.717, 1.165) is 12.1 Å². The van der Waals surface area contributed by atoms with Gasteiger partial charge in [0.2, 0.25) is 0 Å². The van der Waals surface area contributed by atoms with E-state index in [1.54, 1.807) is 6.92 Å². The third-order valence-electron chi connectivity index (χ3n) is 3.98. The van der Waals surface area contributed by atoms with Crippen molar-refractivity contribution in [1.29, 1.82) is 0 Å². The Morgan fingerprint density at radius 1 is 1.37 bits per heavy atom. The zero-order chi connectivity index (χ0) is 20.1. The molecule has 1 aliphatic heterocycles. The molecule has 0 saturated heterocycles. The number of nitro benzene ring substituents is 1. The summed E-state index contributed by atoms with van der Waals surface area (Å²) in [6.07, 6.45) is 1.01. The van der Waals surface area contributed by atoms with Gasteiger partial charge in [0.15, 0.2) is 11.5 Å². The molecular formula is C17H21N3O7. The summed E-state index contributed by atoms with van der Waals surface area (Å²) in [6.45, 7) is 3.61. The molecule has 1 heterocycles. The van der Waals surface area contributed by atoms with E-state index in [1.807, 2.05) is 6.92 Å². The van der Waals surface area contributed by atoms with Gasteiger partial charge in [-0.2, -0.15) is 0 Å². The first kappa shape index (κ1) is 20.0. The number of non-ortho nitro benzene ring substituents is 1. The number of rotatable bonds is 7. The summed E-state index contributed by atoms with van der Waals surface area (Å²) >= 11 is 0. The Labute approximate surface area is 155 Å². The second-order valence-electron chi connectivity index (χ2n) is 5.74. The van der Waals surface area contributed by atoms with Crippen LogP contribution in [0.1, 0.15) is 38.3 Å². The fraction of sp³-hybridized carbons (Fsp3) is 0.412. The maximum absolute atomic E-state index is 12.5. The third-order valence-corrected chi connectivity index (χ3v) is 3.98. The van der Waals surface area contributed by atoms with Crippen molar-refractivity contribution in [3.8, 4) is 11.5 Å². The quantitative estimate of drug-likeness (QED) is 0.375. The Morgan fingerprint density at radius 3 is 2.63 bits per heavy atom. The van der Waals surface area contributed by atoms with Gasteiger partial charge in [-0.25, -0.2) is 9.59 Å². The monoisotopic (exact) mass is 379 g/mol. The van der Waals surface area contributed by atoms with Gasteiger partial charge >= 0.3 is 12.0 Å². The molecule has 0 fully saturated rings. The van der Waals surface area contributed by atoms with Gasteiger partial charge in [-0.1, -0.05) is 13.3 Å². The molecule has 1 aromatic carbocycles. The largest absolute Gasteiger partial charge is 0.504 e. The van der Waals surface area contributed by atoms with Crippen molar-refractivity contribution in [3.63, 3.8) is 0 Å². The number of hydrogen-bond donors (Lipinski definition) is 3. The highest BCUT2D eigenvalue weighted by Gasteiger charge is 2.36. The van der Waals surface area contributed by atoms with E-state index in [0.29, 0.717) is 18.5 Å². The van der Waals surface area contributed by atoms with Crippen molar-refractivity contribution in [1.82, 2.24) is 10.6 Å². The fourth-order valence-electron chi connectivity index (χ4n) is 2.84. The van der Waals surface area contributed by atoms with Crippen molar-refractivity contribution < 1.29 is 29.1 Å². The summed E-state index contributed by atoms with van der Waals surface area (Å²) in [6, 6.07) is 0.425. The lowest BCUT2D eigenvalue weighted by atomic mass is 9.92. The van der Waals surface area contributed by atoms with E-state index >= 15 is 0 Å². The number of carbonyl (C=O) groups is 2. The number of phenolic OH excluding ortho intramolecular Hbond substituents is 1. The van der Waals surface area contributed by atoms with Crippen LogP contribution < -0.4 is 15.4 Å². The Morgan fingerprint density at radius 2 is 2.07 bits per heavy atom. The molecule has 10 nitrogen and oxygen atoms in total. The van der Waals surface area contributed by atoms with Crippen molar-refractivity contribution in [2.75, 3.05) is 13.7 Å². The molecule has 2 rings (SSSR count). The minimum atomic E-state index is -1.13. The van der Waals surface area contributed by atoms with Gasteiger partial charge in [-0.3, -0.25) is 10.1 Å². The van der Waals surface area contributed by atoms with Crippen LogP contribution in [0.3, 0.4) is 0 Å². The number of carbonyl (C=O) groups excluding carboxylic acids is 2. The Hall–Kier alpha value is -3.30. The number of amides is 2. The van der Waals surface area contributed by atoms with Gasteiger partial charge in [0, 0.05) is 17.3 Å². The van der Waals surface area contributed by atoms with Gasteiger partial charge in [-0.05, 0) is 13.3 Å². The predicted octanol–water partition coefficient (Wildman–Crippen LogP) is 2.28. The molecule has 0 bridgehead atoms. The maximum atomic E-state index is 12.5. The van der Waals surface area contributed by atoms with E-state index in [-0.39, 0.29) is 29.2 Å². The van der Waals surface area contributed by atoms with Gasteiger partial charge in [0.05, 0.1) is 36.3 Å². The predicted molar refractivity (Wildman–Crippen MR) is 94.3 cm³/mol. The molecule has 2 amide bonds. The summed E-state index contributed by atoms with van der Waals surface area (Å²) in [5, 5.41) is 26.8. The van der Waals surface area contributed by atoms with Crippen molar-refractivity contribution in [2.45, 2.75) is 32.7 Å². The van der Waals surface area contributed by atoms with E-state index < -0.39 is 28.7 Å². The highest BCUT2D eigenvalue weighted by atomic mass is 16.6. The molecule has 3 N–H and O–H groups in total. The van der Waals surface area contributed by atoms with Gasteiger partial charge in [-0.15, -0.1) is 0 Å². The zero-order valence-electron chi connectivity index (χ0n) is 15.2. The third kappa shape index (κ3) is 4.10. The number of nitro groups is 1. The van der Waals surface area contributed by atoms with Crippen molar-refractivity contribution >= 4 is 17.7 Å². The molecule has 27 heavy (non-hydrogen) atoms. The molecule has 0 radical (unpaired) electrons. The average Bonchev–Trinajstić information content (AvgIpc) is 2.61. The molecule has 0 aliphatic carbocycles. The van der Waals surface area contributed by atoms with Crippen molar-refractivity contribution in [2.24, 2.45) is 0 Å². The standard InChI is InChI=1S/C17H21N3O7/c1-4-6-11-13(16(22)27-5-2)14(19-17(23)18-11)10-7-9(20(24)25)8-12(26-3)15(10)21/h7-8,14,21H,4-6H2,1-3H3,(H2,18,19,23). The Bertz CT molecular complexity index is 804. The first-order chi connectivity index (χ1) is 12.8. The molecule has 1 atom stereocenters. The second kappa shape index (κ2) is 8.39. The van der Waals surface area contributed by atoms with E-state index in [4.69, 9.17) is 9.47 Å². The first-order valence-corrected chi connectivity index (χ1v) is 8.36. The molecule has 146 valence electrons. The minimum absolute atomic E-state index is 0.0347. The second-order valence-corrected chi connectivity index (χ2v) is 5.74. The highest BCUT2D eigenvalue weighted by molar-refractivity contribution is 5.95. The van der Waals surface area contributed by atoms with Crippen LogP contribution in [0.15, 0.2) is 23.4 Å². The smallest absolute Gasteiger partial charge is 0.338 e. The van der Waals surface area contributed by atoms with Crippen LogP contribution in [0.2, 0.25) is 0 Å². The van der Waals surface area contributed by atoms with E-state index in [2.05, 4.69) is 10.6 Å². The fourth-order valence-corrected chi connectivity index (χ4v) is 2.84. The number of nitrogens with zero attached hydrogens (tertiary/aromatic N) is 1. The lowest BCUT2D eigenvalue weighted by molar-refractivity contribution is -0.385. The molecule has 0 spiro atoms. The maximum Gasteiger partial charge on any atom is 0.338 e. The van der Waals surface area contributed by atoms with Gasteiger partial charge < -0.3 is 25.2 Å². The SMILES string of the molecule is CCCC1=C(C(=O)OCC)C(c2cc([N+](=O)[O-])cc(OC)c2O)NC(=O)N1. The Balaban J connectivity index is 2.70. The summed E-state index contributed by atoms with van der Waals surface area (Å²) in [5.74, 6) is -1.25. The number of phenols is 1. The van der Waals surface area contributed by atoms with Crippen LogP contribution in [-0.2, 0) is 9.53 Å². The number of aromatic hydroxyl groups is 1. The lowest BCUT2D eigenvalue weighted by Gasteiger charge is -2.29. The van der Waals surface area contributed by atoms with Gasteiger partial charge in [0.25, 0.3) is 5.69 Å². The first-order valence-electron chi connectivity index (χ1n) is 8.36. The number of nitrogens with one attached hydrogen (secondary N) is 2. The number of benzene rings is 1. The number of methoxy groups -OCH3 is 1. The average molecular weight is 379 g/mol. The van der Waals surface area contributed by atoms with Crippen LogP contribution >= 0.6 is 0 Å². The van der Waals surface area contributed by atoms with E-state index in [9.17, 15) is 24.8 Å². The molecular weight excluding hydrogens is 358 g/mol.